The Labute approximate surface area is 103 Å². The average molecular weight is 235 g/mol. The minimum absolute atomic E-state index is 0.0772. The predicted molar refractivity (Wildman–Crippen MR) is 66.9 cm³/mol. The Kier molecular flexibility index (Phi) is 3.22. The first kappa shape index (κ1) is 12.1. The summed E-state index contributed by atoms with van der Waals surface area (Å²) in [4.78, 5) is 14.4. The van der Waals surface area contributed by atoms with Crippen LogP contribution in [-0.2, 0) is 7.05 Å². The van der Waals surface area contributed by atoms with E-state index in [-0.39, 0.29) is 5.91 Å². The van der Waals surface area contributed by atoms with Crippen molar-refractivity contribution in [2.45, 2.75) is 52.1 Å². The van der Waals surface area contributed by atoms with Crippen LogP contribution in [0.15, 0.2) is 6.07 Å². The molecule has 2 rings (SSSR count). The van der Waals surface area contributed by atoms with Crippen molar-refractivity contribution in [1.29, 1.82) is 0 Å². The first-order valence-corrected chi connectivity index (χ1v) is 6.34. The summed E-state index contributed by atoms with van der Waals surface area (Å²) >= 11 is 0. The van der Waals surface area contributed by atoms with Crippen LogP contribution in [-0.4, -0.2) is 32.7 Å². The molecule has 1 aromatic rings. The summed E-state index contributed by atoms with van der Waals surface area (Å²) in [5.41, 5.74) is 1.59. The number of amides is 1. The van der Waals surface area contributed by atoms with Gasteiger partial charge in [-0.15, -0.1) is 0 Å². The van der Waals surface area contributed by atoms with Crippen LogP contribution >= 0.6 is 0 Å². The maximum atomic E-state index is 12.4. The van der Waals surface area contributed by atoms with Crippen LogP contribution in [0.3, 0.4) is 0 Å². The largest absolute Gasteiger partial charge is 0.332 e. The van der Waals surface area contributed by atoms with Crippen molar-refractivity contribution < 1.29 is 4.79 Å². The highest BCUT2D eigenvalue weighted by Crippen LogP contribution is 2.24. The van der Waals surface area contributed by atoms with Gasteiger partial charge < -0.3 is 4.90 Å². The van der Waals surface area contributed by atoms with Gasteiger partial charge in [-0.1, -0.05) is 0 Å². The van der Waals surface area contributed by atoms with Crippen LogP contribution in [0.5, 0.6) is 0 Å². The lowest BCUT2D eigenvalue weighted by atomic mass is 9.97. The quantitative estimate of drug-likeness (QED) is 0.748. The van der Waals surface area contributed by atoms with Gasteiger partial charge in [0.15, 0.2) is 5.69 Å². The first-order chi connectivity index (χ1) is 8.00. The van der Waals surface area contributed by atoms with E-state index in [2.05, 4.69) is 18.9 Å². The molecular formula is C13H21N3O. The Balaban J connectivity index is 2.23. The minimum Gasteiger partial charge on any atom is -0.332 e. The molecule has 1 saturated heterocycles. The molecule has 0 saturated carbocycles. The van der Waals surface area contributed by atoms with Crippen molar-refractivity contribution in [3.05, 3.63) is 17.5 Å². The smallest absolute Gasteiger partial charge is 0.274 e. The van der Waals surface area contributed by atoms with E-state index in [1.54, 1.807) is 4.68 Å². The first-order valence-electron chi connectivity index (χ1n) is 6.34. The van der Waals surface area contributed by atoms with Crippen molar-refractivity contribution in [1.82, 2.24) is 14.7 Å². The Morgan fingerprint density at radius 1 is 1.35 bits per heavy atom. The zero-order chi connectivity index (χ0) is 12.6. The standard InChI is InChI=1S/C13H21N3O/c1-9-6-5-7-10(2)16(9)13(17)12-8-11(3)15(4)14-12/h8-10H,5-7H2,1-4H3. The van der Waals surface area contributed by atoms with Gasteiger partial charge in [0.2, 0.25) is 0 Å². The monoisotopic (exact) mass is 235 g/mol. The number of aryl methyl sites for hydroxylation is 2. The molecule has 1 amide bonds. The summed E-state index contributed by atoms with van der Waals surface area (Å²) in [6, 6.07) is 2.53. The summed E-state index contributed by atoms with van der Waals surface area (Å²) in [7, 11) is 1.87. The number of carbonyl (C=O) groups is 1. The van der Waals surface area contributed by atoms with E-state index in [0.29, 0.717) is 17.8 Å². The molecule has 17 heavy (non-hydrogen) atoms. The fourth-order valence-electron chi connectivity index (χ4n) is 2.62. The van der Waals surface area contributed by atoms with Gasteiger partial charge in [0.05, 0.1) is 0 Å². The lowest BCUT2D eigenvalue weighted by molar-refractivity contribution is 0.0504. The predicted octanol–water partition coefficient (Wildman–Crippen LogP) is 2.13. The van der Waals surface area contributed by atoms with Gasteiger partial charge in [-0.05, 0) is 46.1 Å². The lowest BCUT2D eigenvalue weighted by Gasteiger charge is -2.38. The van der Waals surface area contributed by atoms with Gasteiger partial charge in [0.1, 0.15) is 0 Å². The highest BCUT2D eigenvalue weighted by molar-refractivity contribution is 5.92. The SMILES string of the molecule is Cc1cc(C(=O)N2C(C)CCCC2C)nn1C. The molecule has 0 radical (unpaired) electrons. The summed E-state index contributed by atoms with van der Waals surface area (Å²) in [6.07, 6.45) is 3.41. The molecule has 94 valence electrons. The summed E-state index contributed by atoms with van der Waals surface area (Å²) in [6.45, 7) is 6.22. The van der Waals surface area contributed by atoms with Crippen LogP contribution in [0.4, 0.5) is 0 Å². The van der Waals surface area contributed by atoms with Crippen LogP contribution in [0.2, 0.25) is 0 Å². The van der Waals surface area contributed by atoms with Crippen molar-refractivity contribution in [3.63, 3.8) is 0 Å². The van der Waals surface area contributed by atoms with Crippen molar-refractivity contribution >= 4 is 5.91 Å². The number of aromatic nitrogens is 2. The van der Waals surface area contributed by atoms with E-state index in [4.69, 9.17) is 0 Å². The second kappa shape index (κ2) is 4.51. The second-order valence-corrected chi connectivity index (χ2v) is 5.14. The van der Waals surface area contributed by atoms with Gasteiger partial charge >= 0.3 is 0 Å². The van der Waals surface area contributed by atoms with Gasteiger partial charge in [-0.3, -0.25) is 9.48 Å². The topological polar surface area (TPSA) is 38.1 Å². The van der Waals surface area contributed by atoms with E-state index in [1.807, 2.05) is 24.9 Å². The molecular weight excluding hydrogens is 214 g/mol. The fraction of sp³-hybridized carbons (Fsp3) is 0.692. The Hall–Kier alpha value is -1.32. The van der Waals surface area contributed by atoms with Crippen LogP contribution in [0.25, 0.3) is 0 Å². The maximum Gasteiger partial charge on any atom is 0.274 e. The number of hydrogen-bond acceptors (Lipinski definition) is 2. The highest BCUT2D eigenvalue weighted by Gasteiger charge is 2.30. The molecule has 1 aliphatic heterocycles. The average Bonchev–Trinajstić information content (AvgIpc) is 2.59. The molecule has 0 spiro atoms. The highest BCUT2D eigenvalue weighted by atomic mass is 16.2. The van der Waals surface area contributed by atoms with E-state index in [0.717, 1.165) is 18.5 Å². The van der Waals surface area contributed by atoms with E-state index in [1.165, 1.54) is 6.42 Å². The molecule has 4 heteroatoms. The van der Waals surface area contributed by atoms with E-state index >= 15 is 0 Å². The third kappa shape index (κ3) is 2.21. The van der Waals surface area contributed by atoms with E-state index < -0.39 is 0 Å². The summed E-state index contributed by atoms with van der Waals surface area (Å²) in [5.74, 6) is 0.0772. The van der Waals surface area contributed by atoms with Crippen LogP contribution in [0.1, 0.15) is 49.3 Å². The molecule has 1 fully saturated rings. The fourth-order valence-corrected chi connectivity index (χ4v) is 2.62. The van der Waals surface area contributed by atoms with Gasteiger partial charge in [-0.2, -0.15) is 5.10 Å². The number of nitrogens with zero attached hydrogens (tertiary/aromatic N) is 3. The van der Waals surface area contributed by atoms with Crippen LogP contribution < -0.4 is 0 Å². The van der Waals surface area contributed by atoms with Crippen molar-refractivity contribution in [2.24, 2.45) is 7.05 Å². The Morgan fingerprint density at radius 3 is 2.41 bits per heavy atom. The van der Waals surface area contributed by atoms with Crippen LogP contribution in [0, 0.1) is 6.92 Å². The summed E-state index contributed by atoms with van der Waals surface area (Å²) < 4.78 is 1.76. The lowest BCUT2D eigenvalue weighted by Crippen LogP contribution is -2.47. The normalized spacial score (nSPS) is 25.1. The van der Waals surface area contributed by atoms with Gasteiger partial charge in [0, 0.05) is 24.8 Å². The number of piperidine rings is 1. The third-order valence-electron chi connectivity index (χ3n) is 3.76. The molecule has 2 atom stereocenters. The number of carbonyl (C=O) groups excluding carboxylic acids is 1. The molecule has 2 unspecified atom stereocenters. The molecule has 0 bridgehead atoms. The van der Waals surface area contributed by atoms with Crippen molar-refractivity contribution in [2.75, 3.05) is 0 Å². The molecule has 1 aliphatic rings. The minimum atomic E-state index is 0.0772. The number of hydrogen-bond donors (Lipinski definition) is 0. The molecule has 0 N–H and O–H groups in total. The zero-order valence-electron chi connectivity index (χ0n) is 11.1. The molecule has 4 nitrogen and oxygen atoms in total. The Morgan fingerprint density at radius 2 is 1.94 bits per heavy atom. The maximum absolute atomic E-state index is 12.4. The molecule has 0 aromatic carbocycles. The third-order valence-corrected chi connectivity index (χ3v) is 3.76. The molecule has 1 aromatic heterocycles. The number of rotatable bonds is 1. The van der Waals surface area contributed by atoms with Crippen molar-refractivity contribution in [3.8, 4) is 0 Å². The number of likely N-dealkylation sites (tertiary alicyclic amines) is 1. The summed E-state index contributed by atoms with van der Waals surface area (Å²) in [5, 5.41) is 4.28. The molecule has 0 aliphatic carbocycles. The van der Waals surface area contributed by atoms with E-state index in [9.17, 15) is 4.79 Å². The zero-order valence-corrected chi connectivity index (χ0v) is 11.1. The van der Waals surface area contributed by atoms with Gasteiger partial charge in [-0.25, -0.2) is 0 Å². The Bertz CT molecular complexity index is 395. The molecule has 2 heterocycles. The van der Waals surface area contributed by atoms with Gasteiger partial charge in [0.25, 0.3) is 5.91 Å². The second-order valence-electron chi connectivity index (χ2n) is 5.14.